The Hall–Kier alpha value is -1.96. The number of hydrogen-bond acceptors (Lipinski definition) is 6. The molecule has 0 amide bonds. The summed E-state index contributed by atoms with van der Waals surface area (Å²) in [6.07, 6.45) is -0.419. The zero-order valence-electron chi connectivity index (χ0n) is 11.4. The van der Waals surface area contributed by atoms with Gasteiger partial charge in [-0.25, -0.2) is 9.59 Å². The van der Waals surface area contributed by atoms with Gasteiger partial charge >= 0.3 is 11.9 Å². The number of esters is 1. The smallest absolute Gasteiger partial charge is 0.338 e. The Morgan fingerprint density at radius 2 is 1.67 bits per heavy atom. The predicted molar refractivity (Wildman–Crippen MR) is 72.2 cm³/mol. The molecule has 1 aromatic rings. The summed E-state index contributed by atoms with van der Waals surface area (Å²) in [7, 11) is 0. The highest BCUT2D eigenvalue weighted by molar-refractivity contribution is 5.92. The molecule has 1 unspecified atom stereocenters. The number of benzene rings is 1. The number of ether oxygens (including phenoxy) is 2. The van der Waals surface area contributed by atoms with Crippen molar-refractivity contribution in [2.75, 3.05) is 26.4 Å². The van der Waals surface area contributed by atoms with Gasteiger partial charge in [-0.1, -0.05) is 0 Å². The molecule has 0 aliphatic carbocycles. The van der Waals surface area contributed by atoms with E-state index in [0.29, 0.717) is 0 Å². The van der Waals surface area contributed by atoms with E-state index in [9.17, 15) is 9.59 Å². The maximum absolute atomic E-state index is 11.9. The molecule has 1 atom stereocenters. The van der Waals surface area contributed by atoms with Gasteiger partial charge in [-0.15, -0.1) is 0 Å². The molecule has 0 saturated heterocycles. The first-order valence-corrected chi connectivity index (χ1v) is 6.42. The molecule has 0 aromatic heterocycles. The maximum Gasteiger partial charge on any atom is 0.338 e. The van der Waals surface area contributed by atoms with Crippen molar-refractivity contribution < 1.29 is 34.4 Å². The molecule has 7 heteroatoms. The Morgan fingerprint density at radius 3 is 2.19 bits per heavy atom. The fourth-order valence-corrected chi connectivity index (χ4v) is 1.57. The summed E-state index contributed by atoms with van der Waals surface area (Å²) in [6.45, 7) is -0.123. The summed E-state index contributed by atoms with van der Waals surface area (Å²) >= 11 is 0. The number of aromatic carboxylic acids is 1. The molecule has 3 N–H and O–H groups in total. The van der Waals surface area contributed by atoms with E-state index >= 15 is 0 Å². The summed E-state index contributed by atoms with van der Waals surface area (Å²) in [6, 6.07) is 5.33. The standard InChI is InChI=1S/C14H18O7/c15-6-5-12(9-20-8-7-16)21-14(19)11-3-1-10(2-4-11)13(17)18/h1-4,12,15-16H,5-9H2,(H,17,18). The molecular formula is C14H18O7. The van der Waals surface area contributed by atoms with E-state index in [0.717, 1.165) is 0 Å². The van der Waals surface area contributed by atoms with Crippen molar-refractivity contribution in [1.29, 1.82) is 0 Å². The third-order valence-corrected chi connectivity index (χ3v) is 2.63. The topological polar surface area (TPSA) is 113 Å². The number of rotatable bonds is 9. The molecule has 0 heterocycles. The molecule has 0 saturated carbocycles. The van der Waals surface area contributed by atoms with Crippen molar-refractivity contribution in [3.8, 4) is 0 Å². The Labute approximate surface area is 121 Å². The molecule has 0 aliphatic rings. The Morgan fingerprint density at radius 1 is 1.05 bits per heavy atom. The van der Waals surface area contributed by atoms with Crippen LogP contribution in [-0.4, -0.2) is 59.8 Å². The Balaban J connectivity index is 2.61. The van der Waals surface area contributed by atoms with Crippen LogP contribution in [-0.2, 0) is 9.47 Å². The number of carboxylic acids is 1. The van der Waals surface area contributed by atoms with Crippen LogP contribution in [0.25, 0.3) is 0 Å². The lowest BCUT2D eigenvalue weighted by Crippen LogP contribution is -2.25. The van der Waals surface area contributed by atoms with Crippen molar-refractivity contribution in [3.05, 3.63) is 35.4 Å². The van der Waals surface area contributed by atoms with E-state index in [4.69, 9.17) is 24.8 Å². The van der Waals surface area contributed by atoms with Crippen molar-refractivity contribution in [2.45, 2.75) is 12.5 Å². The van der Waals surface area contributed by atoms with Crippen LogP contribution in [0.4, 0.5) is 0 Å². The molecule has 21 heavy (non-hydrogen) atoms. The predicted octanol–water partition coefficient (Wildman–Crippen LogP) is 0.301. The third kappa shape index (κ3) is 5.90. The fraction of sp³-hybridized carbons (Fsp3) is 0.429. The van der Waals surface area contributed by atoms with Gasteiger partial charge in [0.1, 0.15) is 6.10 Å². The average Bonchev–Trinajstić information content (AvgIpc) is 2.47. The number of aliphatic hydroxyl groups is 2. The normalized spacial score (nSPS) is 11.9. The quantitative estimate of drug-likeness (QED) is 0.444. The van der Waals surface area contributed by atoms with E-state index in [1.807, 2.05) is 0 Å². The summed E-state index contributed by atoms with van der Waals surface area (Å²) in [5, 5.41) is 26.3. The molecule has 1 aromatic carbocycles. The van der Waals surface area contributed by atoms with Crippen LogP contribution in [0.5, 0.6) is 0 Å². The highest BCUT2D eigenvalue weighted by atomic mass is 16.6. The maximum atomic E-state index is 11.9. The Bertz CT molecular complexity index is 455. The van der Waals surface area contributed by atoms with Crippen LogP contribution >= 0.6 is 0 Å². The molecule has 0 bridgehead atoms. The minimum atomic E-state index is -1.08. The van der Waals surface area contributed by atoms with Gasteiger partial charge < -0.3 is 24.8 Å². The lowest BCUT2D eigenvalue weighted by Gasteiger charge is -2.17. The van der Waals surface area contributed by atoms with Gasteiger partial charge in [0.05, 0.1) is 30.9 Å². The van der Waals surface area contributed by atoms with E-state index in [2.05, 4.69) is 0 Å². The third-order valence-electron chi connectivity index (χ3n) is 2.63. The summed E-state index contributed by atoms with van der Waals surface area (Å²) in [5.41, 5.74) is 0.287. The minimum Gasteiger partial charge on any atom is -0.478 e. The van der Waals surface area contributed by atoms with E-state index < -0.39 is 18.0 Å². The highest BCUT2D eigenvalue weighted by Crippen LogP contribution is 2.09. The van der Waals surface area contributed by atoms with Gasteiger partial charge in [-0.2, -0.15) is 0 Å². The van der Waals surface area contributed by atoms with Crippen LogP contribution in [0.2, 0.25) is 0 Å². The summed E-state index contributed by atoms with van der Waals surface area (Å²) < 4.78 is 10.2. The minimum absolute atomic E-state index is 0.0695. The van der Waals surface area contributed by atoms with Crippen LogP contribution in [0.1, 0.15) is 27.1 Å². The molecule has 1 rings (SSSR count). The number of carbonyl (C=O) groups is 2. The molecule has 116 valence electrons. The zero-order chi connectivity index (χ0) is 15.7. The fourth-order valence-electron chi connectivity index (χ4n) is 1.57. The Kier molecular flexibility index (Phi) is 7.38. The zero-order valence-corrected chi connectivity index (χ0v) is 11.4. The van der Waals surface area contributed by atoms with Crippen molar-refractivity contribution in [1.82, 2.24) is 0 Å². The molecule has 7 nitrogen and oxygen atoms in total. The monoisotopic (exact) mass is 298 g/mol. The number of aliphatic hydroxyl groups excluding tert-OH is 2. The first-order valence-electron chi connectivity index (χ1n) is 6.42. The summed E-state index contributed by atoms with van der Waals surface area (Å²) in [5.74, 6) is -1.71. The van der Waals surface area contributed by atoms with E-state index in [1.165, 1.54) is 24.3 Å². The first kappa shape index (κ1) is 17.1. The molecule has 0 spiro atoms. The second-order valence-electron chi connectivity index (χ2n) is 4.22. The van der Waals surface area contributed by atoms with Crippen LogP contribution in [0.3, 0.4) is 0 Å². The van der Waals surface area contributed by atoms with Gasteiger partial charge in [0.25, 0.3) is 0 Å². The number of carbonyl (C=O) groups excluding carboxylic acids is 1. The van der Waals surface area contributed by atoms with Gasteiger partial charge in [-0.3, -0.25) is 0 Å². The molecular weight excluding hydrogens is 280 g/mol. The van der Waals surface area contributed by atoms with Crippen LogP contribution in [0.15, 0.2) is 24.3 Å². The average molecular weight is 298 g/mol. The molecule has 0 fully saturated rings. The van der Waals surface area contributed by atoms with E-state index in [-0.39, 0.29) is 44.0 Å². The van der Waals surface area contributed by atoms with Gasteiger partial charge in [0.15, 0.2) is 0 Å². The summed E-state index contributed by atoms with van der Waals surface area (Å²) in [4.78, 5) is 22.6. The number of carboxylic acid groups (broad SMARTS) is 1. The van der Waals surface area contributed by atoms with Gasteiger partial charge in [0.2, 0.25) is 0 Å². The molecule has 0 radical (unpaired) electrons. The first-order chi connectivity index (χ1) is 10.1. The molecule has 0 aliphatic heterocycles. The van der Waals surface area contributed by atoms with Gasteiger partial charge in [0, 0.05) is 13.0 Å². The van der Waals surface area contributed by atoms with E-state index in [1.54, 1.807) is 0 Å². The van der Waals surface area contributed by atoms with Crippen molar-refractivity contribution >= 4 is 11.9 Å². The van der Waals surface area contributed by atoms with Gasteiger partial charge in [-0.05, 0) is 24.3 Å². The second kappa shape index (κ2) is 9.06. The SMILES string of the molecule is O=C(O)c1ccc(C(=O)OC(CCO)COCCO)cc1. The van der Waals surface area contributed by atoms with Crippen molar-refractivity contribution in [2.24, 2.45) is 0 Å². The largest absolute Gasteiger partial charge is 0.478 e. The lowest BCUT2D eigenvalue weighted by atomic mass is 10.1. The number of hydrogen-bond donors (Lipinski definition) is 3. The van der Waals surface area contributed by atoms with Crippen LogP contribution in [0, 0.1) is 0 Å². The van der Waals surface area contributed by atoms with Crippen LogP contribution < -0.4 is 0 Å². The second-order valence-corrected chi connectivity index (χ2v) is 4.22. The lowest BCUT2D eigenvalue weighted by molar-refractivity contribution is -0.0173. The highest BCUT2D eigenvalue weighted by Gasteiger charge is 2.16. The van der Waals surface area contributed by atoms with Crippen molar-refractivity contribution in [3.63, 3.8) is 0 Å².